The molecule has 2 aromatic rings. The van der Waals surface area contributed by atoms with Crippen LogP contribution in [-0.4, -0.2) is 36.9 Å². The van der Waals surface area contributed by atoms with Gasteiger partial charge in [0, 0.05) is 24.5 Å². The van der Waals surface area contributed by atoms with E-state index in [4.69, 9.17) is 9.47 Å². The van der Waals surface area contributed by atoms with Crippen molar-refractivity contribution in [3.05, 3.63) is 45.6 Å². The van der Waals surface area contributed by atoms with Gasteiger partial charge in [-0.05, 0) is 48.6 Å². The highest BCUT2D eigenvalue weighted by Gasteiger charge is 2.13. The van der Waals surface area contributed by atoms with Crippen molar-refractivity contribution in [3.63, 3.8) is 0 Å². The van der Waals surface area contributed by atoms with Crippen LogP contribution >= 0.6 is 11.3 Å². The van der Waals surface area contributed by atoms with Crippen molar-refractivity contribution in [2.75, 3.05) is 20.8 Å². The summed E-state index contributed by atoms with van der Waals surface area (Å²) in [6.07, 6.45) is -0.365. The second-order valence-corrected chi connectivity index (χ2v) is 6.74. The summed E-state index contributed by atoms with van der Waals surface area (Å²) in [6, 6.07) is 8.09. The molecule has 1 N–H and O–H groups in total. The third kappa shape index (κ3) is 4.96. The summed E-state index contributed by atoms with van der Waals surface area (Å²) >= 11 is 1.76. The van der Waals surface area contributed by atoms with Crippen LogP contribution in [-0.2, 0) is 13.1 Å². The molecule has 0 aliphatic carbocycles. The fourth-order valence-corrected chi connectivity index (χ4v) is 3.51. The number of aliphatic hydroxyl groups is 1. The van der Waals surface area contributed by atoms with Crippen LogP contribution in [0.25, 0.3) is 0 Å². The van der Waals surface area contributed by atoms with E-state index in [1.165, 1.54) is 10.4 Å². The summed E-state index contributed by atoms with van der Waals surface area (Å²) in [5, 5.41) is 11.9. The van der Waals surface area contributed by atoms with E-state index in [2.05, 4.69) is 23.3 Å². The molecule has 0 aliphatic rings. The molecule has 0 saturated carbocycles. The van der Waals surface area contributed by atoms with Crippen molar-refractivity contribution in [1.82, 2.24) is 4.90 Å². The van der Waals surface area contributed by atoms with E-state index in [-0.39, 0.29) is 6.10 Å². The fraction of sp³-hybridized carbons (Fsp3) is 0.444. The number of methoxy groups -OCH3 is 2. The first kappa shape index (κ1) is 17.8. The van der Waals surface area contributed by atoms with Crippen LogP contribution in [0.1, 0.15) is 22.9 Å². The third-order valence-electron chi connectivity index (χ3n) is 3.71. The van der Waals surface area contributed by atoms with E-state index in [1.807, 2.05) is 25.1 Å². The minimum Gasteiger partial charge on any atom is -0.493 e. The number of ether oxygens (including phenoxy) is 2. The number of aryl methyl sites for hydroxylation is 1. The molecule has 1 atom stereocenters. The average Bonchev–Trinajstić information content (AvgIpc) is 2.91. The van der Waals surface area contributed by atoms with Gasteiger partial charge in [0.2, 0.25) is 0 Å². The van der Waals surface area contributed by atoms with Gasteiger partial charge in [0.15, 0.2) is 11.5 Å². The summed E-state index contributed by atoms with van der Waals surface area (Å²) in [6.45, 7) is 6.17. The maximum Gasteiger partial charge on any atom is 0.161 e. The first-order valence-electron chi connectivity index (χ1n) is 7.67. The number of benzene rings is 1. The Labute approximate surface area is 142 Å². The molecule has 126 valence electrons. The number of rotatable bonds is 8. The van der Waals surface area contributed by atoms with Gasteiger partial charge in [-0.1, -0.05) is 6.07 Å². The molecule has 0 saturated heterocycles. The lowest BCUT2D eigenvalue weighted by Gasteiger charge is -2.24. The van der Waals surface area contributed by atoms with Crippen LogP contribution in [0.4, 0.5) is 0 Å². The van der Waals surface area contributed by atoms with Crippen LogP contribution in [0.15, 0.2) is 29.6 Å². The molecule has 1 aromatic carbocycles. The second kappa shape index (κ2) is 8.34. The molecule has 0 amide bonds. The zero-order chi connectivity index (χ0) is 16.8. The summed E-state index contributed by atoms with van der Waals surface area (Å²) in [5.41, 5.74) is 2.44. The van der Waals surface area contributed by atoms with Gasteiger partial charge in [-0.3, -0.25) is 4.90 Å². The molecular weight excluding hydrogens is 310 g/mol. The Morgan fingerprint density at radius 3 is 2.43 bits per heavy atom. The molecular formula is C18H25NO3S. The maximum absolute atomic E-state index is 9.80. The highest BCUT2D eigenvalue weighted by Crippen LogP contribution is 2.28. The Morgan fingerprint density at radius 2 is 1.87 bits per heavy atom. The molecule has 4 nitrogen and oxygen atoms in total. The Hall–Kier alpha value is -1.56. The van der Waals surface area contributed by atoms with Crippen molar-refractivity contribution >= 4 is 11.3 Å². The standard InChI is InChI=1S/C18H25NO3S/c1-13-7-8-23-18(13)12-19(10-14(2)20)11-15-5-6-16(21-3)17(9-15)22-4/h5-9,14,20H,10-12H2,1-4H3. The molecule has 0 fully saturated rings. The predicted molar refractivity (Wildman–Crippen MR) is 94.4 cm³/mol. The Kier molecular flexibility index (Phi) is 6.45. The van der Waals surface area contributed by atoms with Crippen molar-refractivity contribution in [2.24, 2.45) is 0 Å². The van der Waals surface area contributed by atoms with E-state index in [0.717, 1.165) is 30.2 Å². The van der Waals surface area contributed by atoms with Gasteiger partial charge in [-0.15, -0.1) is 11.3 Å². The molecule has 5 heteroatoms. The van der Waals surface area contributed by atoms with Crippen LogP contribution in [0.2, 0.25) is 0 Å². The van der Waals surface area contributed by atoms with Crippen molar-refractivity contribution in [1.29, 1.82) is 0 Å². The zero-order valence-electron chi connectivity index (χ0n) is 14.2. The van der Waals surface area contributed by atoms with Gasteiger partial charge in [0.1, 0.15) is 0 Å². The first-order chi connectivity index (χ1) is 11.0. The monoisotopic (exact) mass is 335 g/mol. The summed E-state index contributed by atoms with van der Waals surface area (Å²) in [5.74, 6) is 1.46. The second-order valence-electron chi connectivity index (χ2n) is 5.73. The third-order valence-corrected chi connectivity index (χ3v) is 4.72. The van der Waals surface area contributed by atoms with Crippen LogP contribution in [0.5, 0.6) is 11.5 Å². The molecule has 2 rings (SSSR count). The molecule has 0 radical (unpaired) electrons. The largest absolute Gasteiger partial charge is 0.493 e. The highest BCUT2D eigenvalue weighted by atomic mass is 32.1. The number of hydrogen-bond acceptors (Lipinski definition) is 5. The Morgan fingerprint density at radius 1 is 1.13 bits per heavy atom. The van der Waals surface area contributed by atoms with Gasteiger partial charge >= 0.3 is 0 Å². The topological polar surface area (TPSA) is 41.9 Å². The van der Waals surface area contributed by atoms with E-state index in [1.54, 1.807) is 25.6 Å². The van der Waals surface area contributed by atoms with Crippen molar-refractivity contribution in [3.8, 4) is 11.5 Å². The van der Waals surface area contributed by atoms with Crippen LogP contribution in [0, 0.1) is 6.92 Å². The van der Waals surface area contributed by atoms with E-state index in [9.17, 15) is 5.11 Å². The van der Waals surface area contributed by atoms with Crippen molar-refractivity contribution in [2.45, 2.75) is 33.0 Å². The Balaban J connectivity index is 2.15. The lowest BCUT2D eigenvalue weighted by Crippen LogP contribution is -2.30. The lowest BCUT2D eigenvalue weighted by molar-refractivity contribution is 0.118. The smallest absolute Gasteiger partial charge is 0.161 e. The molecule has 1 aromatic heterocycles. The van der Waals surface area contributed by atoms with Gasteiger partial charge < -0.3 is 14.6 Å². The van der Waals surface area contributed by atoms with Gasteiger partial charge in [0.05, 0.1) is 20.3 Å². The fourth-order valence-electron chi connectivity index (χ4n) is 2.57. The molecule has 0 spiro atoms. The average molecular weight is 335 g/mol. The minimum atomic E-state index is -0.365. The quantitative estimate of drug-likeness (QED) is 0.802. The zero-order valence-corrected chi connectivity index (χ0v) is 15.0. The normalized spacial score (nSPS) is 12.4. The summed E-state index contributed by atoms with van der Waals surface area (Å²) < 4.78 is 10.7. The lowest BCUT2D eigenvalue weighted by atomic mass is 10.1. The van der Waals surface area contributed by atoms with Crippen LogP contribution < -0.4 is 9.47 Å². The van der Waals surface area contributed by atoms with E-state index < -0.39 is 0 Å². The van der Waals surface area contributed by atoms with E-state index >= 15 is 0 Å². The molecule has 1 unspecified atom stereocenters. The van der Waals surface area contributed by atoms with Gasteiger partial charge in [-0.2, -0.15) is 0 Å². The highest BCUT2D eigenvalue weighted by molar-refractivity contribution is 7.10. The summed E-state index contributed by atoms with van der Waals surface area (Å²) in [4.78, 5) is 3.59. The SMILES string of the molecule is COc1ccc(CN(Cc2sccc2C)CC(C)O)cc1OC. The first-order valence-corrected chi connectivity index (χ1v) is 8.55. The molecule has 23 heavy (non-hydrogen) atoms. The number of thiophene rings is 1. The predicted octanol–water partition coefficient (Wildman–Crippen LogP) is 3.46. The number of hydrogen-bond donors (Lipinski definition) is 1. The summed E-state index contributed by atoms with van der Waals surface area (Å²) in [7, 11) is 3.28. The van der Waals surface area contributed by atoms with Crippen LogP contribution in [0.3, 0.4) is 0 Å². The number of nitrogens with zero attached hydrogens (tertiary/aromatic N) is 1. The maximum atomic E-state index is 9.80. The molecule has 0 aliphatic heterocycles. The van der Waals surface area contributed by atoms with Crippen molar-refractivity contribution < 1.29 is 14.6 Å². The Bertz CT molecular complexity index is 624. The van der Waals surface area contributed by atoms with E-state index in [0.29, 0.717) is 6.54 Å². The molecule has 1 heterocycles. The van der Waals surface area contributed by atoms with Gasteiger partial charge in [0.25, 0.3) is 0 Å². The van der Waals surface area contributed by atoms with Gasteiger partial charge in [-0.25, -0.2) is 0 Å². The molecule has 0 bridgehead atoms. The number of aliphatic hydroxyl groups excluding tert-OH is 1. The minimum absolute atomic E-state index is 0.365.